The minimum atomic E-state index is -0.385. The van der Waals surface area contributed by atoms with Gasteiger partial charge in [-0.1, -0.05) is 6.07 Å². The zero-order valence-electron chi connectivity index (χ0n) is 12.6. The first-order chi connectivity index (χ1) is 11.1. The summed E-state index contributed by atoms with van der Waals surface area (Å²) >= 11 is 0. The van der Waals surface area contributed by atoms with Crippen LogP contribution in [0.25, 0.3) is 5.65 Å². The minimum absolute atomic E-state index is 0.323. The molecule has 0 bridgehead atoms. The van der Waals surface area contributed by atoms with Crippen LogP contribution >= 0.6 is 0 Å². The maximum absolute atomic E-state index is 13.4. The molecule has 0 aliphatic heterocycles. The van der Waals surface area contributed by atoms with Gasteiger partial charge in [-0.25, -0.2) is 13.9 Å². The van der Waals surface area contributed by atoms with Gasteiger partial charge in [0.1, 0.15) is 11.5 Å². The molecule has 1 aliphatic carbocycles. The first kappa shape index (κ1) is 13.9. The highest BCUT2D eigenvalue weighted by Crippen LogP contribution is 2.40. The second-order valence-electron chi connectivity index (χ2n) is 5.86. The average Bonchev–Trinajstić information content (AvgIpc) is 3.27. The van der Waals surface area contributed by atoms with Crippen molar-refractivity contribution in [3.63, 3.8) is 0 Å². The van der Waals surface area contributed by atoms with Crippen molar-refractivity contribution in [1.82, 2.24) is 14.6 Å². The van der Waals surface area contributed by atoms with Crippen LogP contribution in [0.2, 0.25) is 0 Å². The Kier molecular flexibility index (Phi) is 3.11. The third-order valence-electron chi connectivity index (χ3n) is 4.06. The van der Waals surface area contributed by atoms with Crippen LogP contribution in [0.5, 0.6) is 0 Å². The topological polar surface area (TPSA) is 59.3 Å². The predicted octanol–water partition coefficient (Wildman–Crippen LogP) is 3.31. The molecule has 0 unspecified atom stereocenters. The minimum Gasteiger partial charge on any atom is -0.320 e. The normalized spacial score (nSPS) is 14.2. The van der Waals surface area contributed by atoms with Crippen molar-refractivity contribution >= 4 is 17.2 Å². The van der Waals surface area contributed by atoms with E-state index in [9.17, 15) is 9.18 Å². The Morgan fingerprint density at radius 3 is 2.91 bits per heavy atom. The Bertz CT molecular complexity index is 914. The number of nitrogens with zero attached hydrogens (tertiary/aromatic N) is 3. The molecule has 1 fully saturated rings. The van der Waals surface area contributed by atoms with Crippen LogP contribution in [0.1, 0.15) is 40.5 Å². The molecule has 2 heterocycles. The number of benzene rings is 1. The number of anilines is 1. The fourth-order valence-electron chi connectivity index (χ4n) is 2.64. The van der Waals surface area contributed by atoms with E-state index in [1.165, 1.54) is 12.1 Å². The molecule has 0 spiro atoms. The van der Waals surface area contributed by atoms with Crippen LogP contribution < -0.4 is 5.32 Å². The Labute approximate surface area is 132 Å². The number of hydrogen-bond donors (Lipinski definition) is 1. The summed E-state index contributed by atoms with van der Waals surface area (Å²) in [7, 11) is 0. The second kappa shape index (κ2) is 5.15. The van der Waals surface area contributed by atoms with Gasteiger partial charge in [0.05, 0.1) is 6.20 Å². The van der Waals surface area contributed by atoms with E-state index >= 15 is 0 Å². The van der Waals surface area contributed by atoms with Crippen molar-refractivity contribution in [2.75, 3.05) is 5.32 Å². The highest BCUT2D eigenvalue weighted by atomic mass is 19.1. The number of fused-ring (bicyclic) bond motifs is 1. The number of carbonyl (C=O) groups is 1. The number of amides is 1. The maximum Gasteiger partial charge on any atom is 0.274 e. The first-order valence-corrected chi connectivity index (χ1v) is 7.54. The van der Waals surface area contributed by atoms with E-state index in [1.54, 1.807) is 28.9 Å². The summed E-state index contributed by atoms with van der Waals surface area (Å²) in [6, 6.07) is 7.87. The van der Waals surface area contributed by atoms with Gasteiger partial charge in [0.15, 0.2) is 5.65 Å². The number of carbonyl (C=O) groups excluding carboxylic acids is 1. The third-order valence-corrected chi connectivity index (χ3v) is 4.06. The van der Waals surface area contributed by atoms with Gasteiger partial charge >= 0.3 is 0 Å². The molecule has 1 saturated carbocycles. The lowest BCUT2D eigenvalue weighted by Gasteiger charge is -2.10. The Morgan fingerprint density at radius 2 is 2.13 bits per heavy atom. The fraction of sp³-hybridized carbons (Fsp3) is 0.235. The third kappa shape index (κ3) is 2.56. The molecule has 1 N–H and O–H groups in total. The summed E-state index contributed by atoms with van der Waals surface area (Å²) in [6.07, 6.45) is 3.87. The summed E-state index contributed by atoms with van der Waals surface area (Å²) in [4.78, 5) is 16.9. The summed E-state index contributed by atoms with van der Waals surface area (Å²) in [5.41, 5.74) is 3.23. The number of rotatable bonds is 3. The molecular weight excluding hydrogens is 295 g/mol. The Balaban J connectivity index is 1.70. The lowest BCUT2D eigenvalue weighted by Crippen LogP contribution is -2.16. The molecule has 5 nitrogen and oxygen atoms in total. The average molecular weight is 310 g/mol. The molecule has 1 aliphatic rings. The smallest absolute Gasteiger partial charge is 0.274 e. The zero-order valence-corrected chi connectivity index (χ0v) is 12.6. The van der Waals surface area contributed by atoms with Gasteiger partial charge in [-0.05, 0) is 43.5 Å². The predicted molar refractivity (Wildman–Crippen MR) is 84.1 cm³/mol. The van der Waals surface area contributed by atoms with Gasteiger partial charge < -0.3 is 5.32 Å². The number of halogens is 1. The van der Waals surface area contributed by atoms with Crippen molar-refractivity contribution in [3.05, 3.63) is 59.3 Å². The Hall–Kier alpha value is -2.76. The van der Waals surface area contributed by atoms with E-state index in [1.807, 2.05) is 6.92 Å². The quantitative estimate of drug-likeness (QED) is 0.807. The highest BCUT2D eigenvalue weighted by molar-refractivity contribution is 6.03. The van der Waals surface area contributed by atoms with Crippen LogP contribution in [-0.2, 0) is 0 Å². The van der Waals surface area contributed by atoms with Crippen LogP contribution in [0.15, 0.2) is 36.5 Å². The summed E-state index contributed by atoms with van der Waals surface area (Å²) in [5.74, 6) is -0.295. The van der Waals surface area contributed by atoms with Gasteiger partial charge in [0.2, 0.25) is 0 Å². The van der Waals surface area contributed by atoms with E-state index < -0.39 is 0 Å². The molecule has 1 aromatic carbocycles. The lowest BCUT2D eigenvalue weighted by molar-refractivity contribution is 0.102. The van der Waals surface area contributed by atoms with Gasteiger partial charge in [0.25, 0.3) is 5.91 Å². The number of hydrogen-bond acceptors (Lipinski definition) is 3. The van der Waals surface area contributed by atoms with Gasteiger partial charge in [-0.2, -0.15) is 5.10 Å². The van der Waals surface area contributed by atoms with Crippen molar-refractivity contribution in [3.8, 4) is 0 Å². The van der Waals surface area contributed by atoms with Crippen molar-refractivity contribution in [1.29, 1.82) is 0 Å². The van der Waals surface area contributed by atoms with Crippen LogP contribution in [0, 0.1) is 12.7 Å². The van der Waals surface area contributed by atoms with Gasteiger partial charge in [0, 0.05) is 23.4 Å². The van der Waals surface area contributed by atoms with Gasteiger partial charge in [-0.3, -0.25) is 4.79 Å². The molecule has 6 heteroatoms. The SMILES string of the molecule is Cc1ccc(F)cc1NC(=O)c1cc(C2CC2)n2nccc2n1. The van der Waals surface area contributed by atoms with E-state index in [4.69, 9.17) is 0 Å². The number of aromatic nitrogens is 3. The largest absolute Gasteiger partial charge is 0.320 e. The molecular formula is C17H15FN4O. The highest BCUT2D eigenvalue weighted by Gasteiger charge is 2.28. The van der Waals surface area contributed by atoms with Crippen molar-refractivity contribution in [2.24, 2.45) is 0 Å². The molecule has 116 valence electrons. The number of nitrogens with one attached hydrogen (secondary N) is 1. The standard InChI is InChI=1S/C17H15FN4O/c1-10-2-5-12(18)8-13(10)21-17(23)14-9-15(11-3-4-11)22-16(20-14)6-7-19-22/h2,5-9,11H,3-4H2,1H3,(H,21,23). The van der Waals surface area contributed by atoms with Crippen molar-refractivity contribution in [2.45, 2.75) is 25.7 Å². The van der Waals surface area contributed by atoms with E-state index in [0.717, 1.165) is 24.1 Å². The first-order valence-electron chi connectivity index (χ1n) is 7.54. The van der Waals surface area contributed by atoms with Crippen LogP contribution in [0.3, 0.4) is 0 Å². The summed E-state index contributed by atoms with van der Waals surface area (Å²) in [5, 5.41) is 7.00. The van der Waals surface area contributed by atoms with E-state index in [-0.39, 0.29) is 11.7 Å². The van der Waals surface area contributed by atoms with Crippen molar-refractivity contribution < 1.29 is 9.18 Å². The molecule has 1 amide bonds. The Morgan fingerprint density at radius 1 is 1.30 bits per heavy atom. The molecule has 0 atom stereocenters. The lowest BCUT2D eigenvalue weighted by atomic mass is 10.2. The molecule has 2 aromatic heterocycles. The monoisotopic (exact) mass is 310 g/mol. The van der Waals surface area contributed by atoms with E-state index in [0.29, 0.717) is 22.9 Å². The molecule has 4 rings (SSSR count). The number of aryl methyl sites for hydroxylation is 1. The molecule has 0 radical (unpaired) electrons. The molecule has 0 saturated heterocycles. The maximum atomic E-state index is 13.4. The zero-order chi connectivity index (χ0) is 16.0. The molecule has 23 heavy (non-hydrogen) atoms. The van der Waals surface area contributed by atoms with Gasteiger partial charge in [-0.15, -0.1) is 0 Å². The molecule has 3 aromatic rings. The summed E-state index contributed by atoms with van der Waals surface area (Å²) in [6.45, 7) is 1.82. The van der Waals surface area contributed by atoms with Crippen LogP contribution in [-0.4, -0.2) is 20.5 Å². The van der Waals surface area contributed by atoms with Crippen LogP contribution in [0.4, 0.5) is 10.1 Å². The second-order valence-corrected chi connectivity index (χ2v) is 5.86. The van der Waals surface area contributed by atoms with E-state index in [2.05, 4.69) is 15.4 Å². The summed E-state index contributed by atoms with van der Waals surface area (Å²) < 4.78 is 15.1. The fourth-order valence-corrected chi connectivity index (χ4v) is 2.64.